The minimum absolute atomic E-state index is 0.438. The average molecular weight is 270 g/mol. The van der Waals surface area contributed by atoms with Crippen LogP contribution >= 0.6 is 0 Å². The minimum atomic E-state index is 0.438. The summed E-state index contributed by atoms with van der Waals surface area (Å²) in [6.07, 6.45) is 7.35. The molecule has 4 nitrogen and oxygen atoms in total. The first-order chi connectivity index (χ1) is 9.31. The Morgan fingerprint density at radius 3 is 2.58 bits per heavy atom. The average Bonchev–Trinajstić information content (AvgIpc) is 2.88. The third kappa shape index (κ3) is 5.03. The van der Waals surface area contributed by atoms with E-state index in [4.69, 9.17) is 9.47 Å². The number of nitrogens with zero attached hydrogens (tertiary/aromatic N) is 1. The van der Waals surface area contributed by atoms with Gasteiger partial charge in [-0.1, -0.05) is 6.92 Å². The molecular formula is C15H30N2O2. The van der Waals surface area contributed by atoms with E-state index in [9.17, 15) is 0 Å². The van der Waals surface area contributed by atoms with Crippen molar-refractivity contribution in [2.24, 2.45) is 0 Å². The molecule has 0 radical (unpaired) electrons. The summed E-state index contributed by atoms with van der Waals surface area (Å²) >= 11 is 0. The van der Waals surface area contributed by atoms with Gasteiger partial charge in [0.1, 0.15) is 0 Å². The predicted octanol–water partition coefficient (Wildman–Crippen LogP) is 1.64. The molecule has 2 aliphatic rings. The number of piperidine rings is 1. The Bertz CT molecular complexity index is 242. The summed E-state index contributed by atoms with van der Waals surface area (Å²) in [4.78, 5) is 2.54. The SMILES string of the molecule is CCCNCC1CCC(CN2CCC(OC)CC2)O1. The second-order valence-corrected chi connectivity index (χ2v) is 5.90. The normalized spacial score (nSPS) is 30.0. The highest BCUT2D eigenvalue weighted by Crippen LogP contribution is 2.22. The van der Waals surface area contributed by atoms with Crippen molar-refractivity contribution < 1.29 is 9.47 Å². The Balaban J connectivity index is 1.60. The van der Waals surface area contributed by atoms with E-state index in [1.54, 1.807) is 0 Å². The van der Waals surface area contributed by atoms with Crippen molar-refractivity contribution in [1.82, 2.24) is 10.2 Å². The maximum Gasteiger partial charge on any atom is 0.0707 e. The van der Waals surface area contributed by atoms with Gasteiger partial charge in [0.25, 0.3) is 0 Å². The molecule has 2 rings (SSSR count). The fraction of sp³-hybridized carbons (Fsp3) is 1.00. The van der Waals surface area contributed by atoms with Gasteiger partial charge in [0.2, 0.25) is 0 Å². The maximum absolute atomic E-state index is 6.13. The van der Waals surface area contributed by atoms with E-state index < -0.39 is 0 Å². The molecule has 0 amide bonds. The standard InChI is InChI=1S/C15H30N2O2/c1-3-8-16-11-14-4-5-15(19-14)12-17-9-6-13(18-2)7-10-17/h13-16H,3-12H2,1-2H3. The monoisotopic (exact) mass is 270 g/mol. The molecule has 2 heterocycles. The van der Waals surface area contributed by atoms with Crippen molar-refractivity contribution in [3.8, 4) is 0 Å². The molecule has 2 atom stereocenters. The number of hydrogen-bond donors (Lipinski definition) is 1. The summed E-state index contributed by atoms with van der Waals surface area (Å²) < 4.78 is 11.5. The van der Waals surface area contributed by atoms with Gasteiger partial charge < -0.3 is 19.7 Å². The smallest absolute Gasteiger partial charge is 0.0707 e. The molecule has 2 saturated heterocycles. The van der Waals surface area contributed by atoms with Crippen LogP contribution < -0.4 is 5.32 Å². The van der Waals surface area contributed by atoms with Crippen LogP contribution in [0.5, 0.6) is 0 Å². The van der Waals surface area contributed by atoms with Gasteiger partial charge in [-0.05, 0) is 38.6 Å². The molecule has 0 saturated carbocycles. The van der Waals surface area contributed by atoms with E-state index >= 15 is 0 Å². The number of ether oxygens (including phenoxy) is 2. The van der Waals surface area contributed by atoms with Crippen LogP contribution in [0.2, 0.25) is 0 Å². The summed E-state index contributed by atoms with van der Waals surface area (Å²) in [7, 11) is 1.83. The first-order valence-corrected chi connectivity index (χ1v) is 7.93. The van der Waals surface area contributed by atoms with E-state index in [1.165, 1.54) is 32.1 Å². The van der Waals surface area contributed by atoms with Crippen molar-refractivity contribution in [1.29, 1.82) is 0 Å². The molecule has 2 unspecified atom stereocenters. The van der Waals surface area contributed by atoms with Gasteiger partial charge in [0.05, 0.1) is 18.3 Å². The Hall–Kier alpha value is -0.160. The fourth-order valence-electron chi connectivity index (χ4n) is 3.12. The first kappa shape index (κ1) is 15.2. The van der Waals surface area contributed by atoms with Crippen LogP contribution in [-0.4, -0.2) is 63.0 Å². The summed E-state index contributed by atoms with van der Waals surface area (Å²) in [6.45, 7) is 7.77. The lowest BCUT2D eigenvalue weighted by atomic mass is 10.1. The van der Waals surface area contributed by atoms with Gasteiger partial charge in [0, 0.05) is 33.3 Å². The lowest BCUT2D eigenvalue weighted by Gasteiger charge is -2.32. The van der Waals surface area contributed by atoms with Crippen molar-refractivity contribution in [3.05, 3.63) is 0 Å². The van der Waals surface area contributed by atoms with Crippen molar-refractivity contribution in [2.45, 2.75) is 57.3 Å². The molecule has 19 heavy (non-hydrogen) atoms. The number of rotatable bonds is 7. The van der Waals surface area contributed by atoms with Crippen LogP contribution in [0.25, 0.3) is 0 Å². The van der Waals surface area contributed by atoms with Gasteiger partial charge in [-0.25, -0.2) is 0 Å². The highest BCUT2D eigenvalue weighted by atomic mass is 16.5. The highest BCUT2D eigenvalue weighted by Gasteiger charge is 2.28. The van der Waals surface area contributed by atoms with Crippen LogP contribution in [0.4, 0.5) is 0 Å². The lowest BCUT2D eigenvalue weighted by molar-refractivity contribution is -0.00139. The molecule has 0 spiro atoms. The number of likely N-dealkylation sites (tertiary alicyclic amines) is 1. The Labute approximate surface area is 117 Å². The Kier molecular flexibility index (Phi) is 6.57. The van der Waals surface area contributed by atoms with E-state index in [-0.39, 0.29) is 0 Å². The zero-order chi connectivity index (χ0) is 13.5. The molecule has 2 aliphatic heterocycles. The van der Waals surface area contributed by atoms with Gasteiger partial charge in [-0.15, -0.1) is 0 Å². The Morgan fingerprint density at radius 1 is 1.16 bits per heavy atom. The molecule has 4 heteroatoms. The van der Waals surface area contributed by atoms with Crippen LogP contribution in [0.1, 0.15) is 39.0 Å². The van der Waals surface area contributed by atoms with E-state index in [1.807, 2.05) is 7.11 Å². The summed E-state index contributed by atoms with van der Waals surface area (Å²) in [6, 6.07) is 0. The minimum Gasteiger partial charge on any atom is -0.381 e. The zero-order valence-electron chi connectivity index (χ0n) is 12.6. The van der Waals surface area contributed by atoms with Crippen LogP contribution in [0.15, 0.2) is 0 Å². The summed E-state index contributed by atoms with van der Waals surface area (Å²) in [5.41, 5.74) is 0. The van der Waals surface area contributed by atoms with Gasteiger partial charge in [-0.3, -0.25) is 0 Å². The highest BCUT2D eigenvalue weighted by molar-refractivity contribution is 4.80. The molecule has 0 bridgehead atoms. The van der Waals surface area contributed by atoms with Crippen LogP contribution in [0, 0.1) is 0 Å². The molecule has 112 valence electrons. The van der Waals surface area contributed by atoms with Crippen molar-refractivity contribution in [2.75, 3.05) is 39.8 Å². The largest absolute Gasteiger partial charge is 0.381 e. The lowest BCUT2D eigenvalue weighted by Crippen LogP contribution is -2.41. The fourth-order valence-corrected chi connectivity index (χ4v) is 3.12. The number of hydrogen-bond acceptors (Lipinski definition) is 4. The number of nitrogens with one attached hydrogen (secondary N) is 1. The Morgan fingerprint density at radius 2 is 1.89 bits per heavy atom. The molecule has 2 fully saturated rings. The third-order valence-corrected chi connectivity index (χ3v) is 4.32. The first-order valence-electron chi connectivity index (χ1n) is 7.93. The molecule has 1 N–H and O–H groups in total. The number of methoxy groups -OCH3 is 1. The summed E-state index contributed by atoms with van der Waals surface area (Å²) in [5.74, 6) is 0. The zero-order valence-corrected chi connectivity index (χ0v) is 12.6. The van der Waals surface area contributed by atoms with Crippen LogP contribution in [-0.2, 0) is 9.47 Å². The third-order valence-electron chi connectivity index (χ3n) is 4.32. The molecule has 0 aromatic rings. The van der Waals surface area contributed by atoms with Crippen molar-refractivity contribution in [3.63, 3.8) is 0 Å². The quantitative estimate of drug-likeness (QED) is 0.713. The topological polar surface area (TPSA) is 33.7 Å². The molecule has 0 aromatic heterocycles. The second kappa shape index (κ2) is 8.20. The van der Waals surface area contributed by atoms with E-state index in [0.717, 1.165) is 32.7 Å². The summed E-state index contributed by atoms with van der Waals surface area (Å²) in [5, 5.41) is 3.46. The predicted molar refractivity (Wildman–Crippen MR) is 77.5 cm³/mol. The van der Waals surface area contributed by atoms with Gasteiger partial charge in [-0.2, -0.15) is 0 Å². The molecule has 0 aromatic carbocycles. The molecular weight excluding hydrogens is 240 g/mol. The van der Waals surface area contributed by atoms with E-state index in [0.29, 0.717) is 18.3 Å². The van der Waals surface area contributed by atoms with E-state index in [2.05, 4.69) is 17.1 Å². The molecule has 0 aliphatic carbocycles. The maximum atomic E-state index is 6.13. The van der Waals surface area contributed by atoms with Crippen LogP contribution in [0.3, 0.4) is 0 Å². The van der Waals surface area contributed by atoms with Gasteiger partial charge >= 0.3 is 0 Å². The van der Waals surface area contributed by atoms with Crippen molar-refractivity contribution >= 4 is 0 Å². The second-order valence-electron chi connectivity index (χ2n) is 5.90. The van der Waals surface area contributed by atoms with Gasteiger partial charge in [0.15, 0.2) is 0 Å².